The van der Waals surface area contributed by atoms with Gasteiger partial charge in [-0.15, -0.1) is 0 Å². The summed E-state index contributed by atoms with van der Waals surface area (Å²) in [6.45, 7) is 5.81. The van der Waals surface area contributed by atoms with Crippen molar-refractivity contribution >= 4 is 0 Å². The molecule has 20 heavy (non-hydrogen) atoms. The SMILES string of the molecule is CCC/C=C/COc1ncccc1C1CNCCN1C. The van der Waals surface area contributed by atoms with Gasteiger partial charge in [0.25, 0.3) is 0 Å². The maximum atomic E-state index is 5.83. The van der Waals surface area contributed by atoms with Crippen molar-refractivity contribution in [1.29, 1.82) is 0 Å². The van der Waals surface area contributed by atoms with E-state index >= 15 is 0 Å². The molecule has 4 heteroatoms. The lowest BCUT2D eigenvalue weighted by Crippen LogP contribution is -2.43. The minimum Gasteiger partial charge on any atom is -0.473 e. The van der Waals surface area contributed by atoms with Crippen molar-refractivity contribution in [2.75, 3.05) is 33.3 Å². The number of piperazine rings is 1. The van der Waals surface area contributed by atoms with E-state index in [1.165, 1.54) is 12.0 Å². The third-order valence-electron chi connectivity index (χ3n) is 3.61. The number of rotatable bonds is 6. The number of allylic oxidation sites excluding steroid dienone is 1. The number of hydrogen-bond donors (Lipinski definition) is 1. The first-order chi connectivity index (χ1) is 9.83. The molecule has 0 aromatic carbocycles. The number of hydrogen-bond acceptors (Lipinski definition) is 4. The van der Waals surface area contributed by atoms with Crippen LogP contribution < -0.4 is 10.1 Å². The third-order valence-corrected chi connectivity index (χ3v) is 3.61. The number of ether oxygens (including phenoxy) is 1. The fourth-order valence-corrected chi connectivity index (χ4v) is 2.41. The van der Waals surface area contributed by atoms with Crippen LogP contribution in [0.4, 0.5) is 0 Å². The van der Waals surface area contributed by atoms with Crippen LogP contribution in [0.3, 0.4) is 0 Å². The Kier molecular flexibility index (Phi) is 6.02. The molecule has 0 bridgehead atoms. The van der Waals surface area contributed by atoms with Gasteiger partial charge in [-0.3, -0.25) is 4.90 Å². The highest BCUT2D eigenvalue weighted by molar-refractivity contribution is 5.30. The molecule has 1 atom stereocenters. The molecule has 1 saturated heterocycles. The zero-order chi connectivity index (χ0) is 14.2. The van der Waals surface area contributed by atoms with E-state index in [2.05, 4.69) is 47.4 Å². The van der Waals surface area contributed by atoms with Gasteiger partial charge in [0, 0.05) is 31.4 Å². The van der Waals surface area contributed by atoms with Crippen molar-refractivity contribution in [2.24, 2.45) is 0 Å². The van der Waals surface area contributed by atoms with Crippen molar-refractivity contribution in [3.8, 4) is 5.88 Å². The molecule has 4 nitrogen and oxygen atoms in total. The van der Waals surface area contributed by atoms with E-state index in [1.807, 2.05) is 6.07 Å². The maximum absolute atomic E-state index is 5.83. The number of pyridine rings is 1. The van der Waals surface area contributed by atoms with Gasteiger partial charge < -0.3 is 10.1 Å². The van der Waals surface area contributed by atoms with Gasteiger partial charge >= 0.3 is 0 Å². The monoisotopic (exact) mass is 275 g/mol. The van der Waals surface area contributed by atoms with Crippen LogP contribution in [0.2, 0.25) is 0 Å². The van der Waals surface area contributed by atoms with Crippen LogP contribution >= 0.6 is 0 Å². The zero-order valence-corrected chi connectivity index (χ0v) is 12.5. The van der Waals surface area contributed by atoms with E-state index in [9.17, 15) is 0 Å². The van der Waals surface area contributed by atoms with Crippen molar-refractivity contribution in [1.82, 2.24) is 15.2 Å². The first-order valence-corrected chi connectivity index (χ1v) is 7.46. The van der Waals surface area contributed by atoms with Gasteiger partial charge in [-0.05, 0) is 19.5 Å². The quantitative estimate of drug-likeness (QED) is 0.809. The summed E-state index contributed by atoms with van der Waals surface area (Å²) in [7, 11) is 2.16. The van der Waals surface area contributed by atoms with Gasteiger partial charge in [0.1, 0.15) is 6.61 Å². The first-order valence-electron chi connectivity index (χ1n) is 7.46. The second-order valence-electron chi connectivity index (χ2n) is 5.17. The second-order valence-corrected chi connectivity index (χ2v) is 5.17. The molecule has 0 spiro atoms. The Bertz CT molecular complexity index is 433. The highest BCUT2D eigenvalue weighted by atomic mass is 16.5. The molecule has 0 saturated carbocycles. The average Bonchev–Trinajstić information content (AvgIpc) is 2.48. The van der Waals surface area contributed by atoms with Gasteiger partial charge in [0.2, 0.25) is 5.88 Å². The molecule has 1 aliphatic rings. The van der Waals surface area contributed by atoms with Crippen LogP contribution in [0.5, 0.6) is 5.88 Å². The van der Waals surface area contributed by atoms with E-state index in [4.69, 9.17) is 4.74 Å². The van der Waals surface area contributed by atoms with Crippen molar-refractivity contribution in [2.45, 2.75) is 25.8 Å². The number of nitrogens with zero attached hydrogens (tertiary/aromatic N) is 2. The average molecular weight is 275 g/mol. The summed E-state index contributed by atoms with van der Waals surface area (Å²) in [5.41, 5.74) is 1.17. The largest absolute Gasteiger partial charge is 0.473 e. The van der Waals surface area contributed by atoms with Crippen LogP contribution in [0.25, 0.3) is 0 Å². The number of nitrogens with one attached hydrogen (secondary N) is 1. The number of unbranched alkanes of at least 4 members (excludes halogenated alkanes) is 1. The summed E-state index contributed by atoms with van der Waals surface area (Å²) in [5.74, 6) is 0.759. The standard InChI is InChI=1S/C16H25N3O/c1-3-4-5-6-12-20-16-14(8-7-9-18-16)15-13-17-10-11-19(15)2/h5-9,15,17H,3-4,10-13H2,1-2H3/b6-5+. The molecular weight excluding hydrogens is 250 g/mol. The molecule has 2 heterocycles. The summed E-state index contributed by atoms with van der Waals surface area (Å²) >= 11 is 0. The molecule has 0 radical (unpaired) electrons. The molecule has 1 N–H and O–H groups in total. The maximum Gasteiger partial charge on any atom is 0.218 e. The lowest BCUT2D eigenvalue weighted by molar-refractivity contribution is 0.196. The number of aromatic nitrogens is 1. The van der Waals surface area contributed by atoms with Gasteiger partial charge in [-0.25, -0.2) is 4.98 Å². The summed E-state index contributed by atoms with van der Waals surface area (Å²) in [6, 6.07) is 4.44. The minimum atomic E-state index is 0.340. The fourth-order valence-electron chi connectivity index (χ4n) is 2.41. The predicted octanol–water partition coefficient (Wildman–Crippen LogP) is 2.39. The Morgan fingerprint density at radius 1 is 1.50 bits per heavy atom. The van der Waals surface area contributed by atoms with Crippen molar-refractivity contribution in [3.63, 3.8) is 0 Å². The Morgan fingerprint density at radius 2 is 2.40 bits per heavy atom. The van der Waals surface area contributed by atoms with E-state index in [1.54, 1.807) is 6.20 Å². The lowest BCUT2D eigenvalue weighted by Gasteiger charge is -2.33. The number of likely N-dealkylation sites (N-methyl/N-ethyl adjacent to an activating group) is 1. The van der Waals surface area contributed by atoms with Gasteiger partial charge in [-0.2, -0.15) is 0 Å². The summed E-state index contributed by atoms with van der Waals surface area (Å²) < 4.78 is 5.83. The smallest absolute Gasteiger partial charge is 0.218 e. The van der Waals surface area contributed by atoms with E-state index in [0.29, 0.717) is 12.6 Å². The van der Waals surface area contributed by atoms with Crippen LogP contribution in [-0.4, -0.2) is 43.2 Å². The van der Waals surface area contributed by atoms with Crippen LogP contribution in [0.15, 0.2) is 30.5 Å². The first kappa shape index (κ1) is 15.0. The summed E-state index contributed by atoms with van der Waals surface area (Å²) in [5, 5.41) is 3.44. The lowest BCUT2D eigenvalue weighted by atomic mass is 10.1. The van der Waals surface area contributed by atoms with E-state index in [0.717, 1.165) is 31.9 Å². The minimum absolute atomic E-state index is 0.340. The topological polar surface area (TPSA) is 37.4 Å². The van der Waals surface area contributed by atoms with Gasteiger partial charge in [0.15, 0.2) is 0 Å². The molecule has 1 aliphatic heterocycles. The van der Waals surface area contributed by atoms with E-state index < -0.39 is 0 Å². The van der Waals surface area contributed by atoms with Crippen LogP contribution in [0.1, 0.15) is 31.4 Å². The van der Waals surface area contributed by atoms with E-state index in [-0.39, 0.29) is 0 Å². The summed E-state index contributed by atoms with van der Waals surface area (Å²) in [6.07, 6.45) is 8.31. The molecule has 1 fully saturated rings. The fraction of sp³-hybridized carbons (Fsp3) is 0.562. The third kappa shape index (κ3) is 4.05. The summed E-state index contributed by atoms with van der Waals surface area (Å²) in [4.78, 5) is 6.75. The van der Waals surface area contributed by atoms with Gasteiger partial charge in [-0.1, -0.05) is 31.6 Å². The molecular formula is C16H25N3O. The molecule has 0 aliphatic carbocycles. The molecule has 1 unspecified atom stereocenters. The Hall–Kier alpha value is -1.39. The Balaban J connectivity index is 2.02. The normalized spacial score (nSPS) is 20.4. The van der Waals surface area contributed by atoms with Gasteiger partial charge in [0.05, 0.1) is 6.04 Å². The van der Waals surface area contributed by atoms with Crippen LogP contribution in [0, 0.1) is 0 Å². The second kappa shape index (κ2) is 8.02. The molecule has 2 rings (SSSR count). The highest BCUT2D eigenvalue weighted by Crippen LogP contribution is 2.27. The predicted molar refractivity (Wildman–Crippen MR) is 82.0 cm³/mol. The highest BCUT2D eigenvalue weighted by Gasteiger charge is 2.23. The Morgan fingerprint density at radius 3 is 3.20 bits per heavy atom. The van der Waals surface area contributed by atoms with Crippen molar-refractivity contribution in [3.05, 3.63) is 36.0 Å². The molecule has 0 amide bonds. The van der Waals surface area contributed by atoms with Crippen LogP contribution in [-0.2, 0) is 0 Å². The molecule has 1 aromatic rings. The zero-order valence-electron chi connectivity index (χ0n) is 12.5. The molecule has 1 aromatic heterocycles. The Labute approximate surface area is 121 Å². The van der Waals surface area contributed by atoms with Crippen molar-refractivity contribution < 1.29 is 4.74 Å². The molecule has 110 valence electrons.